The van der Waals surface area contributed by atoms with E-state index in [0.29, 0.717) is 6.07 Å². The number of amides is 1. The fourth-order valence-corrected chi connectivity index (χ4v) is 2.36. The number of methoxy groups -OCH3 is 1. The summed E-state index contributed by atoms with van der Waals surface area (Å²) >= 11 is 0. The van der Waals surface area contributed by atoms with Crippen molar-refractivity contribution in [3.8, 4) is 0 Å². The van der Waals surface area contributed by atoms with Crippen LogP contribution in [0.3, 0.4) is 0 Å². The Balaban J connectivity index is 1.94. The number of carbonyl (C=O) groups excluding carboxylic acids is 2. The van der Waals surface area contributed by atoms with Crippen LogP contribution < -0.4 is 10.6 Å². The molecule has 11 heteroatoms. The number of halogens is 3. The average Bonchev–Trinajstić information content (AvgIpc) is 2.69. The van der Waals surface area contributed by atoms with Gasteiger partial charge in [0.05, 0.1) is 23.2 Å². The Hall–Kier alpha value is -3.63. The van der Waals surface area contributed by atoms with E-state index in [2.05, 4.69) is 15.4 Å². The highest BCUT2D eigenvalue weighted by Crippen LogP contribution is 2.34. The predicted molar refractivity (Wildman–Crippen MR) is 96.7 cm³/mol. The van der Waals surface area contributed by atoms with Gasteiger partial charge in [0.25, 0.3) is 11.6 Å². The van der Waals surface area contributed by atoms with Gasteiger partial charge in [-0.25, -0.2) is 4.79 Å². The molecule has 29 heavy (non-hydrogen) atoms. The standard InChI is InChI=1S/C18H16F3N3O5/c1-29-17(26)12-4-2-11(3-5-12)16(25)23-9-8-22-14-7-6-13(18(19,20)21)10-15(14)24(27)28/h2-7,10,22H,8-9H2,1H3,(H,23,25). The summed E-state index contributed by atoms with van der Waals surface area (Å²) in [6.07, 6.45) is -4.69. The highest BCUT2D eigenvalue weighted by atomic mass is 19.4. The van der Waals surface area contributed by atoms with E-state index in [9.17, 15) is 32.9 Å². The number of nitrogens with zero attached hydrogens (tertiary/aromatic N) is 1. The third-order valence-corrected chi connectivity index (χ3v) is 3.82. The molecule has 2 aromatic rings. The molecule has 1 amide bonds. The second-order valence-corrected chi connectivity index (χ2v) is 5.74. The lowest BCUT2D eigenvalue weighted by molar-refractivity contribution is -0.384. The molecule has 0 atom stereocenters. The van der Waals surface area contributed by atoms with Crippen LogP contribution in [-0.2, 0) is 10.9 Å². The van der Waals surface area contributed by atoms with Gasteiger partial charge in [-0.15, -0.1) is 0 Å². The van der Waals surface area contributed by atoms with Crippen molar-refractivity contribution in [2.45, 2.75) is 6.18 Å². The summed E-state index contributed by atoms with van der Waals surface area (Å²) in [7, 11) is 1.23. The van der Waals surface area contributed by atoms with Crippen LogP contribution in [0, 0.1) is 10.1 Å². The van der Waals surface area contributed by atoms with E-state index < -0.39 is 34.2 Å². The zero-order valence-electron chi connectivity index (χ0n) is 15.1. The van der Waals surface area contributed by atoms with Gasteiger partial charge in [0.1, 0.15) is 5.69 Å². The number of carbonyl (C=O) groups is 2. The van der Waals surface area contributed by atoms with Gasteiger partial charge in [0.15, 0.2) is 0 Å². The quantitative estimate of drug-likeness (QED) is 0.313. The van der Waals surface area contributed by atoms with Gasteiger partial charge in [0, 0.05) is 24.7 Å². The van der Waals surface area contributed by atoms with Crippen molar-refractivity contribution in [3.63, 3.8) is 0 Å². The SMILES string of the molecule is COC(=O)c1ccc(C(=O)NCCNc2ccc(C(F)(F)F)cc2[N+](=O)[O-])cc1. The highest BCUT2D eigenvalue weighted by molar-refractivity contribution is 5.96. The zero-order chi connectivity index (χ0) is 21.6. The lowest BCUT2D eigenvalue weighted by Crippen LogP contribution is -2.28. The first-order valence-electron chi connectivity index (χ1n) is 8.19. The first kappa shape index (κ1) is 21.7. The zero-order valence-corrected chi connectivity index (χ0v) is 15.1. The van der Waals surface area contributed by atoms with Gasteiger partial charge >= 0.3 is 12.1 Å². The first-order chi connectivity index (χ1) is 13.6. The number of alkyl halides is 3. The Morgan fingerprint density at radius 3 is 2.24 bits per heavy atom. The number of nitro groups is 1. The Labute approximate surface area is 162 Å². The van der Waals surface area contributed by atoms with Gasteiger partial charge in [-0.2, -0.15) is 13.2 Å². The molecule has 154 valence electrons. The number of ether oxygens (including phenoxy) is 1. The molecule has 0 radical (unpaired) electrons. The topological polar surface area (TPSA) is 111 Å². The van der Waals surface area contributed by atoms with Crippen LogP contribution in [0.5, 0.6) is 0 Å². The number of nitrogens with one attached hydrogen (secondary N) is 2. The molecule has 0 aliphatic heterocycles. The van der Waals surface area contributed by atoms with Crippen LogP contribution in [0.4, 0.5) is 24.5 Å². The molecule has 0 aliphatic carbocycles. The molecule has 2 rings (SSSR count). The fraction of sp³-hybridized carbons (Fsp3) is 0.222. The van der Waals surface area contributed by atoms with Gasteiger partial charge < -0.3 is 15.4 Å². The average molecular weight is 411 g/mol. The number of rotatable bonds is 7. The molecule has 0 heterocycles. The summed E-state index contributed by atoms with van der Waals surface area (Å²) in [6.45, 7) is 0.0912. The maximum Gasteiger partial charge on any atom is 0.416 e. The van der Waals surface area contributed by atoms with E-state index in [1.165, 1.54) is 31.4 Å². The van der Waals surface area contributed by atoms with Crippen LogP contribution in [0.15, 0.2) is 42.5 Å². The Kier molecular flexibility index (Phi) is 6.75. The molecule has 0 unspecified atom stereocenters. The van der Waals surface area contributed by atoms with Crippen LogP contribution in [0.25, 0.3) is 0 Å². The van der Waals surface area contributed by atoms with Gasteiger partial charge in [-0.05, 0) is 36.4 Å². The number of esters is 1. The van der Waals surface area contributed by atoms with Crippen molar-refractivity contribution < 1.29 is 32.4 Å². The lowest BCUT2D eigenvalue weighted by Gasteiger charge is -2.11. The van der Waals surface area contributed by atoms with Crippen molar-refractivity contribution in [1.82, 2.24) is 5.32 Å². The van der Waals surface area contributed by atoms with Gasteiger partial charge in [-0.1, -0.05) is 0 Å². The maximum atomic E-state index is 12.7. The molecule has 0 spiro atoms. The van der Waals surface area contributed by atoms with E-state index in [0.717, 1.165) is 12.1 Å². The first-order valence-corrected chi connectivity index (χ1v) is 8.19. The Morgan fingerprint density at radius 2 is 1.69 bits per heavy atom. The van der Waals surface area contributed by atoms with Crippen LogP contribution in [0.1, 0.15) is 26.3 Å². The summed E-state index contributed by atoms with van der Waals surface area (Å²) in [5, 5.41) is 16.2. The summed E-state index contributed by atoms with van der Waals surface area (Å²) in [5.41, 5.74) is -1.39. The summed E-state index contributed by atoms with van der Waals surface area (Å²) in [5.74, 6) is -0.996. The van der Waals surface area contributed by atoms with E-state index in [1.807, 2.05) is 0 Å². The van der Waals surface area contributed by atoms with Crippen molar-refractivity contribution >= 4 is 23.3 Å². The molecule has 2 N–H and O–H groups in total. The molecular weight excluding hydrogens is 395 g/mol. The van der Waals surface area contributed by atoms with E-state index >= 15 is 0 Å². The maximum absolute atomic E-state index is 12.7. The van der Waals surface area contributed by atoms with Crippen molar-refractivity contribution in [2.75, 3.05) is 25.5 Å². The minimum Gasteiger partial charge on any atom is -0.465 e. The smallest absolute Gasteiger partial charge is 0.416 e. The van der Waals surface area contributed by atoms with Crippen molar-refractivity contribution in [1.29, 1.82) is 0 Å². The minimum atomic E-state index is -4.69. The van der Waals surface area contributed by atoms with Crippen LogP contribution >= 0.6 is 0 Å². The summed E-state index contributed by atoms with van der Waals surface area (Å²) < 4.78 is 42.6. The number of hydrogen-bond acceptors (Lipinski definition) is 6. The molecule has 0 fully saturated rings. The highest BCUT2D eigenvalue weighted by Gasteiger charge is 2.33. The lowest BCUT2D eigenvalue weighted by atomic mass is 10.1. The summed E-state index contributed by atoms with van der Waals surface area (Å²) in [4.78, 5) is 33.5. The van der Waals surface area contributed by atoms with Crippen LogP contribution in [-0.4, -0.2) is 37.0 Å². The molecule has 2 aromatic carbocycles. The van der Waals surface area contributed by atoms with Crippen LogP contribution in [0.2, 0.25) is 0 Å². The summed E-state index contributed by atoms with van der Waals surface area (Å²) in [6, 6.07) is 7.84. The normalized spacial score (nSPS) is 10.9. The Morgan fingerprint density at radius 1 is 1.07 bits per heavy atom. The molecule has 0 saturated carbocycles. The predicted octanol–water partition coefficient (Wildman–Crippen LogP) is 3.24. The third-order valence-electron chi connectivity index (χ3n) is 3.82. The van der Waals surface area contributed by atoms with E-state index in [4.69, 9.17) is 0 Å². The van der Waals surface area contributed by atoms with Gasteiger partial charge in [0.2, 0.25) is 0 Å². The minimum absolute atomic E-state index is 0.0399. The van der Waals surface area contributed by atoms with E-state index in [-0.39, 0.29) is 29.9 Å². The molecule has 8 nitrogen and oxygen atoms in total. The number of anilines is 1. The molecule has 0 bridgehead atoms. The van der Waals surface area contributed by atoms with Crippen molar-refractivity contribution in [3.05, 3.63) is 69.3 Å². The molecule has 0 aromatic heterocycles. The molecule has 0 aliphatic rings. The second-order valence-electron chi connectivity index (χ2n) is 5.74. The third kappa shape index (κ3) is 5.67. The number of benzene rings is 2. The number of nitro benzene ring substituents is 1. The molecule has 0 saturated heterocycles. The largest absolute Gasteiger partial charge is 0.465 e. The fourth-order valence-electron chi connectivity index (χ4n) is 2.36. The molecular formula is C18H16F3N3O5. The van der Waals surface area contributed by atoms with Gasteiger partial charge in [-0.3, -0.25) is 14.9 Å². The van der Waals surface area contributed by atoms with Crippen molar-refractivity contribution in [2.24, 2.45) is 0 Å². The monoisotopic (exact) mass is 411 g/mol. The van der Waals surface area contributed by atoms with E-state index in [1.54, 1.807) is 0 Å². The Bertz CT molecular complexity index is 914. The second kappa shape index (κ2) is 9.04. The number of hydrogen-bond donors (Lipinski definition) is 2.